The molecule has 0 saturated heterocycles. The highest BCUT2D eigenvalue weighted by Crippen LogP contribution is 2.20. The second kappa shape index (κ2) is 5.32. The van der Waals surface area contributed by atoms with Crippen molar-refractivity contribution in [1.29, 1.82) is 0 Å². The fourth-order valence-electron chi connectivity index (χ4n) is 1.75. The topological polar surface area (TPSA) is 50.7 Å². The molecule has 0 radical (unpaired) electrons. The summed E-state index contributed by atoms with van der Waals surface area (Å²) in [5.74, 6) is 0.476. The Kier molecular flexibility index (Phi) is 4.33. The lowest BCUT2D eigenvalue weighted by atomic mass is 9.89. The van der Waals surface area contributed by atoms with E-state index in [-0.39, 0.29) is 0 Å². The third kappa shape index (κ3) is 4.64. The van der Waals surface area contributed by atoms with E-state index in [1.807, 2.05) is 20.8 Å². The summed E-state index contributed by atoms with van der Waals surface area (Å²) in [6.07, 6.45) is 4.09. The summed E-state index contributed by atoms with van der Waals surface area (Å²) < 4.78 is 5.11. The molecule has 0 heterocycles. The monoisotopic (exact) mass is 226 g/mol. The molecule has 0 aromatic heterocycles. The van der Waals surface area contributed by atoms with Crippen molar-refractivity contribution in [2.24, 2.45) is 11.0 Å². The number of carbonyl (C=O) groups is 1. The minimum Gasteiger partial charge on any atom is -0.443 e. The van der Waals surface area contributed by atoms with E-state index >= 15 is 0 Å². The number of nitrogens with one attached hydrogen (secondary N) is 1. The second-order valence-electron chi connectivity index (χ2n) is 5.36. The Morgan fingerprint density at radius 1 is 1.44 bits per heavy atom. The molecule has 0 spiro atoms. The largest absolute Gasteiger partial charge is 0.443 e. The summed E-state index contributed by atoms with van der Waals surface area (Å²) in [6.45, 7) is 7.66. The van der Waals surface area contributed by atoms with Crippen molar-refractivity contribution in [2.45, 2.75) is 59.0 Å². The molecule has 1 fully saturated rings. The molecule has 1 aliphatic rings. The SMILES string of the molecule is CC1CCCC/C1=N/NC(=O)OC(C)(C)C. The van der Waals surface area contributed by atoms with Crippen molar-refractivity contribution >= 4 is 11.8 Å². The molecule has 4 heteroatoms. The predicted octanol–water partition coefficient (Wildman–Crippen LogP) is 3.08. The molecule has 1 atom stereocenters. The summed E-state index contributed by atoms with van der Waals surface area (Å²) in [4.78, 5) is 11.4. The Labute approximate surface area is 97.4 Å². The molecule has 0 aromatic rings. The van der Waals surface area contributed by atoms with E-state index in [0.717, 1.165) is 18.6 Å². The zero-order valence-electron chi connectivity index (χ0n) is 10.7. The van der Waals surface area contributed by atoms with Gasteiger partial charge in [0.25, 0.3) is 0 Å². The Morgan fingerprint density at radius 2 is 2.12 bits per heavy atom. The first kappa shape index (κ1) is 13.0. The zero-order valence-corrected chi connectivity index (χ0v) is 10.7. The molecule has 0 aromatic carbocycles. The maximum atomic E-state index is 11.4. The molecule has 1 unspecified atom stereocenters. The predicted molar refractivity (Wildman–Crippen MR) is 64.4 cm³/mol. The van der Waals surface area contributed by atoms with E-state index in [9.17, 15) is 4.79 Å². The lowest BCUT2D eigenvalue weighted by Gasteiger charge is -2.21. The zero-order chi connectivity index (χ0) is 12.2. The van der Waals surface area contributed by atoms with Gasteiger partial charge in [0, 0.05) is 5.71 Å². The first-order valence-corrected chi connectivity index (χ1v) is 5.94. The van der Waals surface area contributed by atoms with Crippen molar-refractivity contribution < 1.29 is 9.53 Å². The third-order valence-electron chi connectivity index (χ3n) is 2.58. The molecular weight excluding hydrogens is 204 g/mol. The van der Waals surface area contributed by atoms with E-state index in [0.29, 0.717) is 5.92 Å². The van der Waals surface area contributed by atoms with Gasteiger partial charge in [0.1, 0.15) is 5.60 Å². The van der Waals surface area contributed by atoms with Gasteiger partial charge < -0.3 is 4.74 Å². The first-order chi connectivity index (χ1) is 7.38. The lowest BCUT2D eigenvalue weighted by Crippen LogP contribution is -2.31. The molecule has 1 saturated carbocycles. The van der Waals surface area contributed by atoms with Gasteiger partial charge in [-0.05, 0) is 46.0 Å². The second-order valence-corrected chi connectivity index (χ2v) is 5.36. The molecule has 0 bridgehead atoms. The molecule has 1 aliphatic carbocycles. The molecule has 1 amide bonds. The highest BCUT2D eigenvalue weighted by atomic mass is 16.6. The van der Waals surface area contributed by atoms with Gasteiger partial charge in [0.15, 0.2) is 0 Å². The van der Waals surface area contributed by atoms with Crippen molar-refractivity contribution in [3.05, 3.63) is 0 Å². The van der Waals surface area contributed by atoms with Gasteiger partial charge in [0.05, 0.1) is 0 Å². The normalized spacial score (nSPS) is 24.2. The molecular formula is C12H22N2O2. The van der Waals surface area contributed by atoms with Gasteiger partial charge in [-0.2, -0.15) is 5.10 Å². The van der Waals surface area contributed by atoms with E-state index in [1.54, 1.807) is 0 Å². The number of carbonyl (C=O) groups excluding carboxylic acids is 1. The average Bonchev–Trinajstić information content (AvgIpc) is 2.14. The number of amides is 1. The van der Waals surface area contributed by atoms with Gasteiger partial charge in [-0.3, -0.25) is 0 Å². The van der Waals surface area contributed by atoms with Crippen LogP contribution in [0.2, 0.25) is 0 Å². The van der Waals surface area contributed by atoms with Crippen LogP contribution in [0.1, 0.15) is 53.4 Å². The summed E-state index contributed by atoms with van der Waals surface area (Å²) in [7, 11) is 0. The van der Waals surface area contributed by atoms with Crippen LogP contribution >= 0.6 is 0 Å². The minimum absolute atomic E-state index is 0.470. The fraction of sp³-hybridized carbons (Fsp3) is 0.833. The van der Waals surface area contributed by atoms with E-state index in [2.05, 4.69) is 17.5 Å². The maximum absolute atomic E-state index is 11.4. The van der Waals surface area contributed by atoms with Crippen LogP contribution in [0.4, 0.5) is 4.79 Å². The van der Waals surface area contributed by atoms with Gasteiger partial charge in [-0.1, -0.05) is 13.3 Å². The van der Waals surface area contributed by atoms with Crippen LogP contribution in [-0.2, 0) is 4.74 Å². The summed E-state index contributed by atoms with van der Waals surface area (Å²) in [5, 5.41) is 4.14. The fourth-order valence-corrected chi connectivity index (χ4v) is 1.75. The van der Waals surface area contributed by atoms with Crippen molar-refractivity contribution in [2.75, 3.05) is 0 Å². The Bertz CT molecular complexity index is 279. The van der Waals surface area contributed by atoms with Crippen LogP contribution in [0.3, 0.4) is 0 Å². The van der Waals surface area contributed by atoms with Gasteiger partial charge in [-0.15, -0.1) is 0 Å². The number of ether oxygens (including phenoxy) is 1. The van der Waals surface area contributed by atoms with Crippen LogP contribution in [0.25, 0.3) is 0 Å². The smallest absolute Gasteiger partial charge is 0.428 e. The number of hydrogen-bond acceptors (Lipinski definition) is 3. The molecule has 4 nitrogen and oxygen atoms in total. The summed E-state index contributed by atoms with van der Waals surface area (Å²) >= 11 is 0. The van der Waals surface area contributed by atoms with E-state index in [1.165, 1.54) is 12.8 Å². The van der Waals surface area contributed by atoms with Crippen LogP contribution in [0.15, 0.2) is 5.10 Å². The summed E-state index contributed by atoms with van der Waals surface area (Å²) in [6, 6.07) is 0. The van der Waals surface area contributed by atoms with Gasteiger partial charge >= 0.3 is 6.09 Å². The quantitative estimate of drug-likeness (QED) is 0.698. The molecule has 92 valence electrons. The van der Waals surface area contributed by atoms with Crippen LogP contribution in [0, 0.1) is 5.92 Å². The van der Waals surface area contributed by atoms with Gasteiger partial charge in [-0.25, -0.2) is 10.2 Å². The minimum atomic E-state index is -0.474. The van der Waals surface area contributed by atoms with E-state index in [4.69, 9.17) is 4.74 Å². The summed E-state index contributed by atoms with van der Waals surface area (Å²) in [5.41, 5.74) is 3.08. The highest BCUT2D eigenvalue weighted by Gasteiger charge is 2.18. The lowest BCUT2D eigenvalue weighted by molar-refractivity contribution is 0.0528. The standard InChI is InChI=1S/C12H22N2O2/c1-9-7-5-6-8-10(9)13-14-11(15)16-12(2,3)4/h9H,5-8H2,1-4H3,(H,14,15)/b13-10-. The Morgan fingerprint density at radius 3 is 2.69 bits per heavy atom. The number of rotatable bonds is 1. The number of nitrogens with zero attached hydrogens (tertiary/aromatic N) is 1. The Hall–Kier alpha value is -1.06. The van der Waals surface area contributed by atoms with Crippen LogP contribution in [0.5, 0.6) is 0 Å². The maximum Gasteiger partial charge on any atom is 0.428 e. The van der Waals surface area contributed by atoms with Crippen LogP contribution in [-0.4, -0.2) is 17.4 Å². The van der Waals surface area contributed by atoms with Crippen LogP contribution < -0.4 is 5.43 Å². The van der Waals surface area contributed by atoms with Crippen molar-refractivity contribution in [3.8, 4) is 0 Å². The highest BCUT2D eigenvalue weighted by molar-refractivity contribution is 5.87. The molecule has 16 heavy (non-hydrogen) atoms. The first-order valence-electron chi connectivity index (χ1n) is 5.94. The van der Waals surface area contributed by atoms with E-state index < -0.39 is 11.7 Å². The van der Waals surface area contributed by atoms with Crippen molar-refractivity contribution in [1.82, 2.24) is 5.43 Å². The molecule has 1 N–H and O–H groups in total. The van der Waals surface area contributed by atoms with Gasteiger partial charge in [0.2, 0.25) is 0 Å². The molecule has 1 rings (SSSR count). The average molecular weight is 226 g/mol. The molecule has 0 aliphatic heterocycles. The number of hydrogen-bond donors (Lipinski definition) is 1. The van der Waals surface area contributed by atoms with Crippen molar-refractivity contribution in [3.63, 3.8) is 0 Å². The Balaban J connectivity index is 2.42. The number of hydrazone groups is 1. The third-order valence-corrected chi connectivity index (χ3v) is 2.58.